The number of anilines is 1. The Hall–Kier alpha value is -3.33. The summed E-state index contributed by atoms with van der Waals surface area (Å²) < 4.78 is 5.40. The number of amides is 2. The van der Waals surface area contributed by atoms with Gasteiger partial charge in [0.2, 0.25) is 5.91 Å². The predicted molar refractivity (Wildman–Crippen MR) is 96.3 cm³/mol. The van der Waals surface area contributed by atoms with Crippen LogP contribution in [0.2, 0.25) is 0 Å². The Morgan fingerprint density at radius 1 is 1.15 bits per heavy atom. The first kappa shape index (κ1) is 17.5. The number of carbonyl (C=O) groups is 2. The molecule has 0 saturated heterocycles. The Morgan fingerprint density at radius 2 is 1.96 bits per heavy atom. The van der Waals surface area contributed by atoms with Gasteiger partial charge in [-0.25, -0.2) is 0 Å². The molecule has 26 heavy (non-hydrogen) atoms. The fraction of sp³-hybridized carbons (Fsp3) is 0.250. The van der Waals surface area contributed by atoms with Crippen LogP contribution in [0, 0.1) is 17.2 Å². The summed E-state index contributed by atoms with van der Waals surface area (Å²) in [6, 6.07) is 16.2. The number of nitrogens with zero attached hydrogens (tertiary/aromatic N) is 1. The summed E-state index contributed by atoms with van der Waals surface area (Å²) in [7, 11) is 0. The topological polar surface area (TPSA) is 91.2 Å². The molecule has 0 aromatic heterocycles. The van der Waals surface area contributed by atoms with Crippen molar-refractivity contribution in [2.45, 2.75) is 19.4 Å². The van der Waals surface area contributed by atoms with E-state index in [9.17, 15) is 9.59 Å². The van der Waals surface area contributed by atoms with Gasteiger partial charge in [-0.3, -0.25) is 9.59 Å². The third kappa shape index (κ3) is 4.84. The maximum atomic E-state index is 12.0. The van der Waals surface area contributed by atoms with Crippen molar-refractivity contribution < 1.29 is 14.3 Å². The lowest BCUT2D eigenvalue weighted by molar-refractivity contribution is -0.123. The van der Waals surface area contributed by atoms with Crippen molar-refractivity contribution in [1.29, 1.82) is 5.26 Å². The molecule has 0 unspecified atom stereocenters. The predicted octanol–water partition coefficient (Wildman–Crippen LogP) is 2.60. The Kier molecular flexibility index (Phi) is 5.49. The van der Waals surface area contributed by atoms with Gasteiger partial charge in [0.15, 0.2) is 6.61 Å². The molecule has 0 bridgehead atoms. The second kappa shape index (κ2) is 8.17. The van der Waals surface area contributed by atoms with Crippen molar-refractivity contribution in [1.82, 2.24) is 5.32 Å². The van der Waals surface area contributed by atoms with Crippen LogP contribution in [0.3, 0.4) is 0 Å². The molecule has 2 aromatic carbocycles. The third-order valence-electron chi connectivity index (χ3n) is 4.00. The maximum Gasteiger partial charge on any atom is 0.258 e. The van der Waals surface area contributed by atoms with E-state index in [-0.39, 0.29) is 24.3 Å². The van der Waals surface area contributed by atoms with Crippen LogP contribution in [0.15, 0.2) is 48.5 Å². The smallest absolute Gasteiger partial charge is 0.258 e. The van der Waals surface area contributed by atoms with Gasteiger partial charge in [-0.2, -0.15) is 5.26 Å². The fourth-order valence-electron chi connectivity index (χ4n) is 2.43. The zero-order valence-corrected chi connectivity index (χ0v) is 14.2. The van der Waals surface area contributed by atoms with Crippen LogP contribution in [0.5, 0.6) is 5.75 Å². The number of benzene rings is 2. The third-order valence-corrected chi connectivity index (χ3v) is 4.00. The highest BCUT2D eigenvalue weighted by Crippen LogP contribution is 2.30. The summed E-state index contributed by atoms with van der Waals surface area (Å²) in [5, 5.41) is 14.6. The van der Waals surface area contributed by atoms with E-state index in [1.165, 1.54) is 0 Å². The Balaban J connectivity index is 1.48. The molecule has 1 fully saturated rings. The summed E-state index contributed by atoms with van der Waals surface area (Å²) in [4.78, 5) is 23.8. The number of ether oxygens (including phenoxy) is 1. The van der Waals surface area contributed by atoms with Crippen LogP contribution in [0.4, 0.5) is 5.69 Å². The van der Waals surface area contributed by atoms with Crippen molar-refractivity contribution in [3.05, 3.63) is 59.7 Å². The van der Waals surface area contributed by atoms with E-state index in [0.717, 1.165) is 24.1 Å². The van der Waals surface area contributed by atoms with Crippen molar-refractivity contribution in [3.63, 3.8) is 0 Å². The zero-order chi connectivity index (χ0) is 18.4. The number of hydrogen-bond donors (Lipinski definition) is 2. The molecular formula is C20H19N3O3. The van der Waals surface area contributed by atoms with Crippen LogP contribution < -0.4 is 15.4 Å². The first-order valence-corrected chi connectivity index (χ1v) is 8.44. The molecule has 132 valence electrons. The highest BCUT2D eigenvalue weighted by molar-refractivity contribution is 5.94. The summed E-state index contributed by atoms with van der Waals surface area (Å²) in [6.45, 7) is 0.159. The van der Waals surface area contributed by atoms with Gasteiger partial charge in [-0.05, 0) is 42.7 Å². The van der Waals surface area contributed by atoms with Gasteiger partial charge < -0.3 is 15.4 Å². The molecule has 2 aromatic rings. The number of nitriles is 1. The average molecular weight is 349 g/mol. The standard InChI is InChI=1S/C20H19N3O3/c21-11-16-5-1-2-7-18(16)26-13-19(24)22-12-14-4-3-6-17(10-14)23-20(25)15-8-9-15/h1-7,10,15H,8-9,12-13H2,(H,22,24)(H,23,25). The van der Waals surface area contributed by atoms with Gasteiger partial charge in [-0.15, -0.1) is 0 Å². The lowest BCUT2D eigenvalue weighted by Gasteiger charge is -2.10. The zero-order valence-electron chi connectivity index (χ0n) is 14.2. The molecule has 0 atom stereocenters. The van der Waals surface area contributed by atoms with Gasteiger partial charge in [0.25, 0.3) is 5.91 Å². The van der Waals surface area contributed by atoms with Gasteiger partial charge in [0, 0.05) is 18.2 Å². The molecule has 1 aliphatic carbocycles. The van der Waals surface area contributed by atoms with Crippen molar-refractivity contribution >= 4 is 17.5 Å². The van der Waals surface area contributed by atoms with E-state index in [4.69, 9.17) is 10.00 Å². The fourth-order valence-corrected chi connectivity index (χ4v) is 2.43. The molecule has 2 N–H and O–H groups in total. The van der Waals surface area contributed by atoms with E-state index in [1.54, 1.807) is 24.3 Å². The highest BCUT2D eigenvalue weighted by atomic mass is 16.5. The molecule has 0 heterocycles. The first-order chi connectivity index (χ1) is 12.7. The normalized spacial score (nSPS) is 12.7. The first-order valence-electron chi connectivity index (χ1n) is 8.44. The maximum absolute atomic E-state index is 12.0. The molecule has 0 radical (unpaired) electrons. The van der Waals surface area contributed by atoms with Crippen molar-refractivity contribution in [2.75, 3.05) is 11.9 Å². The van der Waals surface area contributed by atoms with Crippen molar-refractivity contribution in [3.8, 4) is 11.8 Å². The molecular weight excluding hydrogens is 330 g/mol. The second-order valence-corrected chi connectivity index (χ2v) is 6.14. The van der Waals surface area contributed by atoms with Gasteiger partial charge >= 0.3 is 0 Å². The monoisotopic (exact) mass is 349 g/mol. The van der Waals surface area contributed by atoms with Crippen LogP contribution in [-0.4, -0.2) is 18.4 Å². The Morgan fingerprint density at radius 3 is 2.73 bits per heavy atom. The number of para-hydroxylation sites is 1. The van der Waals surface area contributed by atoms with E-state index < -0.39 is 0 Å². The Labute approximate surface area is 151 Å². The van der Waals surface area contributed by atoms with Crippen LogP contribution in [0.1, 0.15) is 24.0 Å². The van der Waals surface area contributed by atoms with E-state index in [0.29, 0.717) is 17.9 Å². The van der Waals surface area contributed by atoms with Gasteiger partial charge in [0.05, 0.1) is 5.56 Å². The van der Waals surface area contributed by atoms with E-state index >= 15 is 0 Å². The van der Waals surface area contributed by atoms with Crippen molar-refractivity contribution in [2.24, 2.45) is 5.92 Å². The van der Waals surface area contributed by atoms with E-state index in [2.05, 4.69) is 10.6 Å². The minimum absolute atomic E-state index is 0.0516. The largest absolute Gasteiger partial charge is 0.482 e. The molecule has 2 amide bonds. The van der Waals surface area contributed by atoms with Gasteiger partial charge in [-0.1, -0.05) is 24.3 Å². The minimum atomic E-state index is -0.287. The van der Waals surface area contributed by atoms with Crippen LogP contribution in [-0.2, 0) is 16.1 Å². The molecule has 0 aliphatic heterocycles. The highest BCUT2D eigenvalue weighted by Gasteiger charge is 2.29. The van der Waals surface area contributed by atoms with Gasteiger partial charge in [0.1, 0.15) is 11.8 Å². The lowest BCUT2D eigenvalue weighted by Crippen LogP contribution is -2.28. The quantitative estimate of drug-likeness (QED) is 0.804. The molecule has 1 aliphatic rings. The summed E-state index contributed by atoms with van der Waals surface area (Å²) in [6.07, 6.45) is 1.91. The molecule has 3 rings (SSSR count). The lowest BCUT2D eigenvalue weighted by atomic mass is 10.2. The number of rotatable bonds is 7. The average Bonchev–Trinajstić information content (AvgIpc) is 3.50. The van der Waals surface area contributed by atoms with Crippen LogP contribution in [0.25, 0.3) is 0 Å². The van der Waals surface area contributed by atoms with Crippen LogP contribution >= 0.6 is 0 Å². The number of hydrogen-bond acceptors (Lipinski definition) is 4. The number of carbonyl (C=O) groups excluding carboxylic acids is 2. The summed E-state index contributed by atoms with van der Waals surface area (Å²) in [5.74, 6) is 0.294. The minimum Gasteiger partial charge on any atom is -0.482 e. The summed E-state index contributed by atoms with van der Waals surface area (Å²) in [5.41, 5.74) is 2.00. The SMILES string of the molecule is N#Cc1ccccc1OCC(=O)NCc1cccc(NC(=O)C2CC2)c1. The second-order valence-electron chi connectivity index (χ2n) is 6.14. The number of nitrogens with one attached hydrogen (secondary N) is 2. The molecule has 6 heteroatoms. The van der Waals surface area contributed by atoms with E-state index in [1.807, 2.05) is 30.3 Å². The molecule has 1 saturated carbocycles. The molecule has 0 spiro atoms. The Bertz CT molecular complexity index is 853. The summed E-state index contributed by atoms with van der Waals surface area (Å²) >= 11 is 0. The molecule has 6 nitrogen and oxygen atoms in total.